The van der Waals surface area contributed by atoms with Gasteiger partial charge in [0, 0.05) is 27.0 Å². The molecule has 0 spiro atoms. The Kier molecular flexibility index (Phi) is 7.04. The number of benzene rings is 6. The number of pyridine rings is 1. The minimum Gasteiger partial charge on any atom is -0.496 e. The standard InChI is InChI=1S/C54H53N3O/c1-34-19-24-48(45(28-34)38-20-22-42(23-21-38)53(4,5)6)57-49-18-14-17-44(50(49)56-52(57)46-29-35(2)27-36(3)51(46)58-10)40-30-41(32-43(31-40)54(7,8)9)47-33-39(25-26-55-47)37-15-12-11-13-16-37/h11-33H,1-10H3/i1D3,11D,12D,13D,15D,16D,25D,26D,33D. The van der Waals surface area contributed by atoms with Gasteiger partial charge >= 0.3 is 0 Å². The van der Waals surface area contributed by atoms with Gasteiger partial charge in [-0.05, 0) is 125 Å². The van der Waals surface area contributed by atoms with E-state index in [4.69, 9.17) is 23.4 Å². The van der Waals surface area contributed by atoms with E-state index in [2.05, 4.69) is 42.5 Å². The number of imidazole rings is 1. The molecule has 4 nitrogen and oxygen atoms in total. The lowest BCUT2D eigenvalue weighted by Gasteiger charge is -2.22. The second-order valence-electron chi connectivity index (χ2n) is 16.9. The number of fused-ring (bicyclic) bond motifs is 1. The van der Waals surface area contributed by atoms with Crippen LogP contribution in [0.3, 0.4) is 0 Å². The molecule has 0 aliphatic rings. The summed E-state index contributed by atoms with van der Waals surface area (Å²) in [4.78, 5) is 9.94. The fourth-order valence-electron chi connectivity index (χ4n) is 7.57. The number of rotatable bonds is 7. The molecular formula is C54H53N3O. The van der Waals surface area contributed by atoms with Gasteiger partial charge in [-0.25, -0.2) is 4.98 Å². The summed E-state index contributed by atoms with van der Waals surface area (Å²) in [6.45, 7) is 14.2. The van der Waals surface area contributed by atoms with Crippen LogP contribution in [0.4, 0.5) is 0 Å². The summed E-state index contributed by atoms with van der Waals surface area (Å²) in [6.07, 6.45) is -0.522. The maximum absolute atomic E-state index is 9.50. The highest BCUT2D eigenvalue weighted by atomic mass is 16.5. The summed E-state index contributed by atoms with van der Waals surface area (Å²) in [5.74, 6) is 1.17. The van der Waals surface area contributed by atoms with Gasteiger partial charge in [0.05, 0.1) is 46.1 Å². The fourth-order valence-corrected chi connectivity index (χ4v) is 7.57. The average molecular weight is 771 g/mol. The van der Waals surface area contributed by atoms with Crippen molar-refractivity contribution in [2.75, 3.05) is 7.11 Å². The Hall–Kier alpha value is -6.26. The predicted octanol–water partition coefficient (Wildman–Crippen LogP) is 14.3. The Bertz CT molecular complexity index is 3350. The molecule has 8 aromatic rings. The Labute approximate surface area is 359 Å². The van der Waals surface area contributed by atoms with Gasteiger partial charge < -0.3 is 4.74 Å². The number of hydrogen-bond donors (Lipinski definition) is 0. The smallest absolute Gasteiger partial charge is 0.149 e. The van der Waals surface area contributed by atoms with E-state index in [-0.39, 0.29) is 33.8 Å². The number of aryl methyl sites for hydroxylation is 3. The van der Waals surface area contributed by atoms with E-state index in [0.717, 1.165) is 33.4 Å². The molecule has 0 saturated carbocycles. The zero-order chi connectivity index (χ0) is 50.4. The first-order valence-corrected chi connectivity index (χ1v) is 19.4. The van der Waals surface area contributed by atoms with E-state index >= 15 is 0 Å². The molecule has 0 fully saturated rings. The van der Waals surface area contributed by atoms with Crippen molar-refractivity contribution in [3.8, 4) is 67.5 Å². The molecule has 0 saturated heterocycles. The minimum absolute atomic E-state index is 0.00000550. The van der Waals surface area contributed by atoms with E-state index in [0.29, 0.717) is 50.5 Å². The largest absolute Gasteiger partial charge is 0.496 e. The molecule has 6 aromatic carbocycles. The number of aromatic nitrogens is 3. The number of methoxy groups -OCH3 is 1. The van der Waals surface area contributed by atoms with E-state index in [1.807, 2.05) is 101 Å². The normalized spacial score (nSPS) is 14.9. The van der Waals surface area contributed by atoms with E-state index in [1.54, 1.807) is 19.2 Å². The van der Waals surface area contributed by atoms with Gasteiger partial charge in [0.15, 0.2) is 0 Å². The quantitative estimate of drug-likeness (QED) is 0.162. The second-order valence-corrected chi connectivity index (χ2v) is 16.9. The third-order valence-electron chi connectivity index (χ3n) is 10.6. The maximum Gasteiger partial charge on any atom is 0.149 e. The first-order chi connectivity index (χ1) is 32.2. The Morgan fingerprint density at radius 3 is 2.07 bits per heavy atom. The molecule has 0 bridgehead atoms. The Morgan fingerprint density at radius 1 is 0.638 bits per heavy atom. The second kappa shape index (κ2) is 14.9. The van der Waals surface area contributed by atoms with E-state index < -0.39 is 54.7 Å². The summed E-state index contributed by atoms with van der Waals surface area (Å²) in [5, 5.41) is 0. The van der Waals surface area contributed by atoms with Gasteiger partial charge in [-0.1, -0.05) is 132 Å². The summed E-state index contributed by atoms with van der Waals surface area (Å²) >= 11 is 0. The van der Waals surface area contributed by atoms with Gasteiger partial charge in [-0.15, -0.1) is 0 Å². The molecule has 8 rings (SSSR count). The highest BCUT2D eigenvalue weighted by Gasteiger charge is 2.25. The lowest BCUT2D eigenvalue weighted by Crippen LogP contribution is -2.11. The van der Waals surface area contributed by atoms with Crippen LogP contribution in [0.2, 0.25) is 0 Å². The van der Waals surface area contributed by atoms with Crippen molar-refractivity contribution < 1.29 is 19.8 Å². The summed E-state index contributed by atoms with van der Waals surface area (Å²) < 4.78 is 103. The van der Waals surface area contributed by atoms with Crippen LogP contribution in [-0.4, -0.2) is 21.6 Å². The van der Waals surface area contributed by atoms with Crippen LogP contribution in [0.5, 0.6) is 5.75 Å². The topological polar surface area (TPSA) is 39.9 Å². The molecule has 2 heterocycles. The summed E-state index contributed by atoms with van der Waals surface area (Å²) in [7, 11) is 1.62. The molecule has 2 aromatic heterocycles. The van der Waals surface area contributed by atoms with Crippen molar-refractivity contribution in [2.45, 2.75) is 73.1 Å². The van der Waals surface area contributed by atoms with Gasteiger partial charge in [0.25, 0.3) is 0 Å². The van der Waals surface area contributed by atoms with Gasteiger partial charge in [-0.2, -0.15) is 0 Å². The third kappa shape index (κ3) is 7.36. The molecular weight excluding hydrogens is 707 g/mol. The summed E-state index contributed by atoms with van der Waals surface area (Å²) in [5.41, 5.74) is 8.85. The Balaban J connectivity index is 1.46. The lowest BCUT2D eigenvalue weighted by atomic mass is 9.83. The highest BCUT2D eigenvalue weighted by Crippen LogP contribution is 2.43. The van der Waals surface area contributed by atoms with Crippen LogP contribution in [0, 0.1) is 20.7 Å². The third-order valence-corrected chi connectivity index (χ3v) is 10.6. The molecule has 58 heavy (non-hydrogen) atoms. The number of para-hydroxylation sites is 1. The van der Waals surface area contributed by atoms with Crippen molar-refractivity contribution in [3.05, 3.63) is 167 Å². The van der Waals surface area contributed by atoms with E-state index in [1.165, 1.54) is 0 Å². The molecule has 0 amide bonds. The van der Waals surface area contributed by atoms with Crippen molar-refractivity contribution in [1.82, 2.24) is 14.5 Å². The molecule has 0 radical (unpaired) electrons. The predicted molar refractivity (Wildman–Crippen MR) is 244 cm³/mol. The van der Waals surface area contributed by atoms with E-state index in [9.17, 15) is 1.37 Å². The molecule has 0 unspecified atom stereocenters. The lowest BCUT2D eigenvalue weighted by molar-refractivity contribution is 0.413. The molecule has 0 N–H and O–H groups in total. The van der Waals surface area contributed by atoms with Crippen LogP contribution in [0.15, 0.2) is 139 Å². The van der Waals surface area contributed by atoms with Crippen molar-refractivity contribution >= 4 is 11.0 Å². The number of nitrogens with zero attached hydrogens (tertiary/aromatic N) is 3. The molecule has 0 aliphatic heterocycles. The van der Waals surface area contributed by atoms with Crippen LogP contribution in [0.25, 0.3) is 72.7 Å². The minimum atomic E-state index is -2.39. The van der Waals surface area contributed by atoms with Crippen LogP contribution < -0.4 is 4.74 Å². The average Bonchev–Trinajstić information content (AvgIpc) is 3.68. The molecule has 290 valence electrons. The van der Waals surface area contributed by atoms with Crippen LogP contribution >= 0.6 is 0 Å². The van der Waals surface area contributed by atoms with Crippen molar-refractivity contribution in [3.63, 3.8) is 0 Å². The summed E-state index contributed by atoms with van der Waals surface area (Å²) in [6, 6.07) is 25.2. The number of ether oxygens (including phenoxy) is 1. The first-order valence-electron chi connectivity index (χ1n) is 24.9. The van der Waals surface area contributed by atoms with Gasteiger partial charge in [-0.3, -0.25) is 9.55 Å². The highest BCUT2D eigenvalue weighted by molar-refractivity contribution is 5.98. The SMILES string of the molecule is [2H]c1nc(-c2cc(-c3cccc4c3nc(-c3cc(C)cc(C)c3OC)n4-c3ccc(C([2H])([2H])[2H])cc3-c3ccc(C(C)(C)C)cc3)cc(C(C)(C)C)c2)c([2H])c(-c2c([2H])c([2H])c([2H])c([2H])c2[2H])c1[2H]. The number of hydrogen-bond acceptors (Lipinski definition) is 3. The van der Waals surface area contributed by atoms with Crippen molar-refractivity contribution in [2.24, 2.45) is 0 Å². The van der Waals surface area contributed by atoms with Gasteiger partial charge in [0.1, 0.15) is 11.6 Å². The van der Waals surface area contributed by atoms with Gasteiger partial charge in [0.2, 0.25) is 0 Å². The molecule has 0 atom stereocenters. The monoisotopic (exact) mass is 770 g/mol. The van der Waals surface area contributed by atoms with Crippen LogP contribution in [-0.2, 0) is 10.8 Å². The zero-order valence-electron chi connectivity index (χ0n) is 45.4. The molecule has 4 heteroatoms. The molecule has 0 aliphatic carbocycles. The Morgan fingerprint density at radius 2 is 1.36 bits per heavy atom. The van der Waals surface area contributed by atoms with Crippen molar-refractivity contribution in [1.29, 1.82) is 0 Å². The maximum atomic E-state index is 9.50. The first kappa shape index (κ1) is 27.4. The van der Waals surface area contributed by atoms with Crippen LogP contribution in [0.1, 0.15) is 84.4 Å². The fraction of sp³-hybridized carbons (Fsp3) is 0.222. The zero-order valence-corrected chi connectivity index (χ0v) is 34.4.